The van der Waals surface area contributed by atoms with E-state index >= 15 is 0 Å². The number of nitrogens with zero attached hydrogens (tertiary/aromatic N) is 1. The van der Waals surface area contributed by atoms with Crippen molar-refractivity contribution in [1.82, 2.24) is 0 Å². The molecule has 0 aliphatic carbocycles. The van der Waals surface area contributed by atoms with Gasteiger partial charge in [-0.2, -0.15) is 5.26 Å². The number of nitrogen functional groups attached to an aromatic ring is 1. The van der Waals surface area contributed by atoms with Crippen LogP contribution in [0, 0.1) is 18.3 Å². The molecule has 0 aliphatic heterocycles. The summed E-state index contributed by atoms with van der Waals surface area (Å²) in [6.45, 7) is 2.05. The van der Waals surface area contributed by atoms with Crippen LogP contribution in [0.5, 0.6) is 5.75 Å². The van der Waals surface area contributed by atoms with Gasteiger partial charge in [-0.05, 0) is 42.3 Å². The molecular weight excluding hydrogens is 268 g/mol. The summed E-state index contributed by atoms with van der Waals surface area (Å²) in [7, 11) is 0. The van der Waals surface area contributed by atoms with Gasteiger partial charge >= 0.3 is 5.97 Å². The first-order valence-electron chi connectivity index (χ1n) is 6.27. The van der Waals surface area contributed by atoms with Gasteiger partial charge in [-0.3, -0.25) is 0 Å². The number of nitrogens with two attached hydrogens (primary N) is 1. The molecule has 2 rings (SSSR count). The first-order valence-corrected chi connectivity index (χ1v) is 6.27. The SMILES string of the molecule is Cc1cc(C#N)ccc1COc1c(N)cccc1C(=O)O. The van der Waals surface area contributed by atoms with Crippen molar-refractivity contribution >= 4 is 11.7 Å². The molecule has 0 atom stereocenters. The molecule has 0 radical (unpaired) electrons. The molecule has 0 saturated carbocycles. The van der Waals surface area contributed by atoms with Gasteiger partial charge in [-0.1, -0.05) is 12.1 Å². The summed E-state index contributed by atoms with van der Waals surface area (Å²) >= 11 is 0. The summed E-state index contributed by atoms with van der Waals surface area (Å²) in [6, 6.07) is 11.9. The van der Waals surface area contributed by atoms with Crippen LogP contribution in [0.15, 0.2) is 36.4 Å². The smallest absolute Gasteiger partial charge is 0.339 e. The monoisotopic (exact) mass is 282 g/mol. The normalized spacial score (nSPS) is 9.90. The van der Waals surface area contributed by atoms with E-state index < -0.39 is 5.97 Å². The third-order valence-corrected chi connectivity index (χ3v) is 3.12. The zero-order valence-electron chi connectivity index (χ0n) is 11.5. The highest BCUT2D eigenvalue weighted by Gasteiger charge is 2.14. The summed E-state index contributed by atoms with van der Waals surface area (Å²) < 4.78 is 5.58. The third-order valence-electron chi connectivity index (χ3n) is 3.12. The lowest BCUT2D eigenvalue weighted by Gasteiger charge is -2.13. The van der Waals surface area contributed by atoms with Gasteiger partial charge in [0.1, 0.15) is 12.2 Å². The minimum Gasteiger partial charge on any atom is -0.486 e. The van der Waals surface area contributed by atoms with Gasteiger partial charge in [-0.15, -0.1) is 0 Å². The summed E-state index contributed by atoms with van der Waals surface area (Å²) in [5.41, 5.74) is 8.43. The lowest BCUT2D eigenvalue weighted by Crippen LogP contribution is -2.06. The predicted molar refractivity (Wildman–Crippen MR) is 78.0 cm³/mol. The minimum absolute atomic E-state index is 0.0290. The van der Waals surface area contributed by atoms with Gasteiger partial charge in [-0.25, -0.2) is 4.79 Å². The average Bonchev–Trinajstić information content (AvgIpc) is 2.46. The zero-order valence-corrected chi connectivity index (χ0v) is 11.5. The van der Waals surface area contributed by atoms with Crippen LogP contribution < -0.4 is 10.5 Å². The first-order chi connectivity index (χ1) is 10.0. The summed E-state index contributed by atoms with van der Waals surface area (Å²) in [6.07, 6.45) is 0. The number of carbonyl (C=O) groups is 1. The van der Waals surface area contributed by atoms with Crippen LogP contribution in [0.2, 0.25) is 0 Å². The second-order valence-electron chi connectivity index (χ2n) is 4.57. The van der Waals surface area contributed by atoms with Crippen LogP contribution in [0.25, 0.3) is 0 Å². The van der Waals surface area contributed by atoms with E-state index in [4.69, 9.17) is 20.8 Å². The van der Waals surface area contributed by atoms with Crippen LogP contribution >= 0.6 is 0 Å². The molecule has 2 aromatic carbocycles. The number of carboxylic acid groups (broad SMARTS) is 1. The molecule has 0 unspecified atom stereocenters. The summed E-state index contributed by atoms with van der Waals surface area (Å²) in [4.78, 5) is 11.2. The Balaban J connectivity index is 2.25. The average molecular weight is 282 g/mol. The van der Waals surface area contributed by atoms with Crippen molar-refractivity contribution in [3.05, 3.63) is 58.7 Å². The third kappa shape index (κ3) is 3.12. The molecule has 5 heteroatoms. The summed E-state index contributed by atoms with van der Waals surface area (Å²) in [5.74, 6) is -0.928. The molecule has 5 nitrogen and oxygen atoms in total. The van der Waals surface area contributed by atoms with Crippen molar-refractivity contribution in [2.24, 2.45) is 0 Å². The van der Waals surface area contributed by atoms with E-state index in [1.165, 1.54) is 6.07 Å². The molecule has 0 fully saturated rings. The van der Waals surface area contributed by atoms with Crippen molar-refractivity contribution in [3.63, 3.8) is 0 Å². The van der Waals surface area contributed by atoms with Gasteiger partial charge in [0.15, 0.2) is 5.75 Å². The molecule has 0 spiro atoms. The van der Waals surface area contributed by atoms with Crippen LogP contribution in [0.1, 0.15) is 27.0 Å². The molecule has 0 heterocycles. The number of ether oxygens (including phenoxy) is 1. The fourth-order valence-corrected chi connectivity index (χ4v) is 1.96. The molecule has 21 heavy (non-hydrogen) atoms. The Hall–Kier alpha value is -3.00. The number of aromatic carboxylic acids is 1. The minimum atomic E-state index is -1.09. The van der Waals surface area contributed by atoms with E-state index in [9.17, 15) is 4.79 Å². The lowest BCUT2D eigenvalue weighted by atomic mass is 10.1. The summed E-state index contributed by atoms with van der Waals surface area (Å²) in [5, 5.41) is 18.0. The van der Waals surface area contributed by atoms with E-state index in [0.717, 1.165) is 11.1 Å². The number of hydrogen-bond donors (Lipinski definition) is 2. The van der Waals surface area contributed by atoms with E-state index in [1.54, 1.807) is 30.3 Å². The maximum Gasteiger partial charge on any atom is 0.339 e. The van der Waals surface area contributed by atoms with Crippen molar-refractivity contribution in [2.45, 2.75) is 13.5 Å². The van der Waals surface area contributed by atoms with Crippen LogP contribution in [0.3, 0.4) is 0 Å². The Morgan fingerprint density at radius 1 is 1.38 bits per heavy atom. The van der Waals surface area contributed by atoms with Crippen LogP contribution in [-0.2, 0) is 6.61 Å². The molecular formula is C16H14N2O3. The Labute approximate surface area is 122 Å². The number of anilines is 1. The Kier molecular flexibility index (Phi) is 4.10. The number of hydrogen-bond acceptors (Lipinski definition) is 4. The standard InChI is InChI=1S/C16H14N2O3/c1-10-7-11(8-17)5-6-12(10)9-21-15-13(16(19)20)3-2-4-14(15)18/h2-7H,9,18H2,1H3,(H,19,20). The van der Waals surface area contributed by atoms with E-state index in [1.807, 2.05) is 6.92 Å². The van der Waals surface area contributed by atoms with Gasteiger partial charge in [0, 0.05) is 0 Å². The zero-order chi connectivity index (χ0) is 15.4. The number of benzene rings is 2. The van der Waals surface area contributed by atoms with Crippen LogP contribution in [0.4, 0.5) is 5.69 Å². The lowest BCUT2D eigenvalue weighted by molar-refractivity contribution is 0.0692. The quantitative estimate of drug-likeness (QED) is 0.840. The highest BCUT2D eigenvalue weighted by molar-refractivity contribution is 5.93. The number of aryl methyl sites for hydroxylation is 1. The van der Waals surface area contributed by atoms with Crippen molar-refractivity contribution in [1.29, 1.82) is 5.26 Å². The molecule has 2 aromatic rings. The largest absolute Gasteiger partial charge is 0.486 e. The van der Waals surface area contributed by atoms with Gasteiger partial charge in [0.05, 0.1) is 17.3 Å². The molecule has 0 aliphatic rings. The second kappa shape index (κ2) is 5.97. The first kappa shape index (κ1) is 14.4. The Bertz CT molecular complexity index is 733. The number of carboxylic acids is 1. The Morgan fingerprint density at radius 2 is 2.14 bits per heavy atom. The molecule has 0 amide bonds. The Morgan fingerprint density at radius 3 is 2.76 bits per heavy atom. The maximum atomic E-state index is 11.2. The van der Waals surface area contributed by atoms with Gasteiger partial charge in [0.25, 0.3) is 0 Å². The van der Waals surface area contributed by atoms with E-state index in [2.05, 4.69) is 6.07 Å². The molecule has 0 saturated heterocycles. The van der Waals surface area contributed by atoms with Gasteiger partial charge in [0.2, 0.25) is 0 Å². The van der Waals surface area contributed by atoms with Crippen LogP contribution in [-0.4, -0.2) is 11.1 Å². The second-order valence-corrected chi connectivity index (χ2v) is 4.57. The maximum absolute atomic E-state index is 11.2. The van der Waals surface area contributed by atoms with Gasteiger partial charge < -0.3 is 15.6 Å². The number of rotatable bonds is 4. The number of nitriles is 1. The molecule has 3 N–H and O–H groups in total. The van der Waals surface area contributed by atoms with Crippen molar-refractivity contribution < 1.29 is 14.6 Å². The van der Waals surface area contributed by atoms with Crippen molar-refractivity contribution in [2.75, 3.05) is 5.73 Å². The predicted octanol–water partition coefficient (Wildman–Crippen LogP) is 2.73. The topological polar surface area (TPSA) is 96.3 Å². The van der Waals surface area contributed by atoms with E-state index in [-0.39, 0.29) is 23.6 Å². The molecule has 0 bridgehead atoms. The highest BCUT2D eigenvalue weighted by Crippen LogP contribution is 2.27. The fourth-order valence-electron chi connectivity index (χ4n) is 1.96. The molecule has 0 aromatic heterocycles. The fraction of sp³-hybridized carbons (Fsp3) is 0.125. The highest BCUT2D eigenvalue weighted by atomic mass is 16.5. The number of para-hydroxylation sites is 1. The van der Waals surface area contributed by atoms with E-state index in [0.29, 0.717) is 5.56 Å². The van der Waals surface area contributed by atoms with Crippen molar-refractivity contribution in [3.8, 4) is 11.8 Å². The molecule has 106 valence electrons.